The van der Waals surface area contributed by atoms with E-state index in [1.165, 1.54) is 0 Å². The van der Waals surface area contributed by atoms with Crippen molar-refractivity contribution in [3.8, 4) is 0 Å². The number of carbonyl (C=O) groups is 1. The summed E-state index contributed by atoms with van der Waals surface area (Å²) in [5.41, 5.74) is 1.58. The molecule has 1 aromatic heterocycles. The zero-order valence-corrected chi connectivity index (χ0v) is 9.87. The molecule has 1 unspecified atom stereocenters. The SMILES string of the molecule is CC(Nc1ccccc1C(=O)O)c1cnccn1. The molecule has 2 N–H and O–H groups in total. The Morgan fingerprint density at radius 1 is 1.33 bits per heavy atom. The molecule has 1 aromatic carbocycles. The number of benzene rings is 1. The van der Waals surface area contributed by atoms with E-state index in [1.807, 2.05) is 6.92 Å². The second-order valence-electron chi connectivity index (χ2n) is 3.85. The van der Waals surface area contributed by atoms with Crippen LogP contribution in [0.5, 0.6) is 0 Å². The summed E-state index contributed by atoms with van der Waals surface area (Å²) in [5.74, 6) is -0.954. The zero-order chi connectivity index (χ0) is 13.0. The molecule has 92 valence electrons. The Labute approximate surface area is 105 Å². The molecule has 2 aromatic rings. The van der Waals surface area contributed by atoms with Crippen molar-refractivity contribution in [2.75, 3.05) is 5.32 Å². The number of hydrogen-bond acceptors (Lipinski definition) is 4. The third kappa shape index (κ3) is 2.63. The lowest BCUT2D eigenvalue weighted by Crippen LogP contribution is -2.11. The number of hydrogen-bond donors (Lipinski definition) is 2. The van der Waals surface area contributed by atoms with Crippen LogP contribution in [0.3, 0.4) is 0 Å². The van der Waals surface area contributed by atoms with Gasteiger partial charge >= 0.3 is 5.97 Å². The summed E-state index contributed by atoms with van der Waals surface area (Å²) in [7, 11) is 0. The molecular formula is C13H13N3O2. The minimum absolute atomic E-state index is 0.112. The second-order valence-corrected chi connectivity index (χ2v) is 3.85. The fraction of sp³-hybridized carbons (Fsp3) is 0.154. The smallest absolute Gasteiger partial charge is 0.337 e. The molecule has 0 saturated carbocycles. The van der Waals surface area contributed by atoms with Crippen LogP contribution in [0.25, 0.3) is 0 Å². The average Bonchev–Trinajstić information content (AvgIpc) is 2.40. The molecule has 0 radical (unpaired) electrons. The molecule has 0 saturated heterocycles. The largest absolute Gasteiger partial charge is 0.478 e. The molecule has 5 nitrogen and oxygen atoms in total. The van der Waals surface area contributed by atoms with Gasteiger partial charge in [-0.05, 0) is 19.1 Å². The number of carboxylic acid groups (broad SMARTS) is 1. The van der Waals surface area contributed by atoms with E-state index in [0.717, 1.165) is 5.69 Å². The van der Waals surface area contributed by atoms with Crippen molar-refractivity contribution in [2.45, 2.75) is 13.0 Å². The monoisotopic (exact) mass is 243 g/mol. The number of para-hydroxylation sites is 1. The first-order chi connectivity index (χ1) is 8.68. The maximum Gasteiger partial charge on any atom is 0.337 e. The first-order valence-electron chi connectivity index (χ1n) is 5.53. The summed E-state index contributed by atoms with van der Waals surface area (Å²) in [5, 5.41) is 12.2. The Morgan fingerprint density at radius 2 is 2.11 bits per heavy atom. The van der Waals surface area contributed by atoms with Crippen LogP contribution in [0.15, 0.2) is 42.9 Å². The van der Waals surface area contributed by atoms with Crippen LogP contribution in [-0.4, -0.2) is 21.0 Å². The number of carboxylic acids is 1. The molecule has 0 aliphatic heterocycles. The molecule has 0 spiro atoms. The highest BCUT2D eigenvalue weighted by Gasteiger charge is 2.12. The van der Waals surface area contributed by atoms with Gasteiger partial charge in [0.1, 0.15) is 0 Å². The summed E-state index contributed by atoms with van der Waals surface area (Å²) < 4.78 is 0. The molecular weight excluding hydrogens is 230 g/mol. The highest BCUT2D eigenvalue weighted by Crippen LogP contribution is 2.20. The number of anilines is 1. The van der Waals surface area contributed by atoms with E-state index in [-0.39, 0.29) is 11.6 Å². The first kappa shape index (κ1) is 12.0. The van der Waals surface area contributed by atoms with Gasteiger partial charge < -0.3 is 10.4 Å². The summed E-state index contributed by atoms with van der Waals surface area (Å²) in [4.78, 5) is 19.2. The molecule has 18 heavy (non-hydrogen) atoms. The van der Waals surface area contributed by atoms with E-state index in [1.54, 1.807) is 42.9 Å². The normalized spacial score (nSPS) is 11.8. The number of nitrogens with zero attached hydrogens (tertiary/aromatic N) is 2. The topological polar surface area (TPSA) is 75.1 Å². The molecule has 1 atom stereocenters. The van der Waals surface area contributed by atoms with Gasteiger partial charge in [0.15, 0.2) is 0 Å². The standard InChI is InChI=1S/C13H13N3O2/c1-9(12-8-14-6-7-15-12)16-11-5-3-2-4-10(11)13(17)18/h2-9,16H,1H3,(H,17,18). The predicted molar refractivity (Wildman–Crippen MR) is 67.5 cm³/mol. The van der Waals surface area contributed by atoms with Crippen molar-refractivity contribution in [3.05, 3.63) is 54.1 Å². The Balaban J connectivity index is 2.22. The quantitative estimate of drug-likeness (QED) is 0.862. The third-order valence-corrected chi connectivity index (χ3v) is 2.56. The first-order valence-corrected chi connectivity index (χ1v) is 5.53. The Hall–Kier alpha value is -2.43. The minimum Gasteiger partial charge on any atom is -0.478 e. The lowest BCUT2D eigenvalue weighted by Gasteiger charge is -2.15. The van der Waals surface area contributed by atoms with Crippen LogP contribution >= 0.6 is 0 Å². The van der Waals surface area contributed by atoms with Crippen LogP contribution in [0.4, 0.5) is 5.69 Å². The van der Waals surface area contributed by atoms with Crippen LogP contribution in [0.1, 0.15) is 29.0 Å². The highest BCUT2D eigenvalue weighted by atomic mass is 16.4. The van der Waals surface area contributed by atoms with Gasteiger partial charge in [-0.25, -0.2) is 4.79 Å². The van der Waals surface area contributed by atoms with Gasteiger partial charge in [0.2, 0.25) is 0 Å². The van der Waals surface area contributed by atoms with Gasteiger partial charge in [0.05, 0.1) is 23.5 Å². The summed E-state index contributed by atoms with van der Waals surface area (Å²) in [6, 6.07) is 6.67. The van der Waals surface area contributed by atoms with E-state index in [4.69, 9.17) is 5.11 Å². The van der Waals surface area contributed by atoms with E-state index in [2.05, 4.69) is 15.3 Å². The number of aromatic nitrogens is 2. The fourth-order valence-electron chi connectivity index (χ4n) is 1.64. The van der Waals surface area contributed by atoms with Crippen molar-refractivity contribution < 1.29 is 9.90 Å². The van der Waals surface area contributed by atoms with E-state index < -0.39 is 5.97 Å². The van der Waals surface area contributed by atoms with Crippen LogP contribution in [0, 0.1) is 0 Å². The zero-order valence-electron chi connectivity index (χ0n) is 9.87. The average molecular weight is 243 g/mol. The van der Waals surface area contributed by atoms with Crippen molar-refractivity contribution >= 4 is 11.7 Å². The molecule has 0 bridgehead atoms. The molecule has 5 heteroatoms. The van der Waals surface area contributed by atoms with Gasteiger partial charge in [-0.3, -0.25) is 9.97 Å². The summed E-state index contributed by atoms with van der Waals surface area (Å²) in [6.07, 6.45) is 4.86. The fourth-order valence-corrected chi connectivity index (χ4v) is 1.64. The maximum atomic E-state index is 11.1. The van der Waals surface area contributed by atoms with Crippen molar-refractivity contribution in [3.63, 3.8) is 0 Å². The maximum absolute atomic E-state index is 11.1. The van der Waals surface area contributed by atoms with Gasteiger partial charge in [-0.1, -0.05) is 12.1 Å². The van der Waals surface area contributed by atoms with Crippen molar-refractivity contribution in [1.29, 1.82) is 0 Å². The molecule has 1 heterocycles. The van der Waals surface area contributed by atoms with Gasteiger partial charge in [-0.15, -0.1) is 0 Å². The molecule has 0 amide bonds. The molecule has 2 rings (SSSR count). The van der Waals surface area contributed by atoms with Crippen LogP contribution in [0.2, 0.25) is 0 Å². The van der Waals surface area contributed by atoms with E-state index in [9.17, 15) is 4.79 Å². The van der Waals surface area contributed by atoms with Gasteiger partial charge in [0.25, 0.3) is 0 Å². The highest BCUT2D eigenvalue weighted by molar-refractivity contribution is 5.94. The van der Waals surface area contributed by atoms with Crippen LogP contribution in [-0.2, 0) is 0 Å². The minimum atomic E-state index is -0.954. The Bertz CT molecular complexity index is 543. The van der Waals surface area contributed by atoms with E-state index in [0.29, 0.717) is 5.69 Å². The van der Waals surface area contributed by atoms with Crippen molar-refractivity contribution in [2.24, 2.45) is 0 Å². The van der Waals surface area contributed by atoms with Gasteiger partial charge in [0, 0.05) is 18.1 Å². The second kappa shape index (κ2) is 5.27. The predicted octanol–water partition coefficient (Wildman–Crippen LogP) is 2.35. The summed E-state index contributed by atoms with van der Waals surface area (Å²) >= 11 is 0. The van der Waals surface area contributed by atoms with Crippen molar-refractivity contribution in [1.82, 2.24) is 9.97 Å². The lowest BCUT2D eigenvalue weighted by molar-refractivity contribution is 0.0698. The van der Waals surface area contributed by atoms with Crippen LogP contribution < -0.4 is 5.32 Å². The third-order valence-electron chi connectivity index (χ3n) is 2.56. The summed E-state index contributed by atoms with van der Waals surface area (Å²) in [6.45, 7) is 1.91. The van der Waals surface area contributed by atoms with Gasteiger partial charge in [-0.2, -0.15) is 0 Å². The molecule has 0 aliphatic carbocycles. The van der Waals surface area contributed by atoms with E-state index >= 15 is 0 Å². The Kier molecular flexibility index (Phi) is 3.52. The Morgan fingerprint density at radius 3 is 2.78 bits per heavy atom. The lowest BCUT2D eigenvalue weighted by atomic mass is 10.1. The number of aromatic carboxylic acids is 1. The molecule has 0 aliphatic rings. The number of nitrogens with one attached hydrogen (secondary N) is 1. The molecule has 0 fully saturated rings. The number of rotatable bonds is 4.